The average molecular weight is 288 g/mol. The third-order valence-electron chi connectivity index (χ3n) is 3.63. The van der Waals surface area contributed by atoms with E-state index in [1.54, 1.807) is 24.3 Å². The van der Waals surface area contributed by atoms with Crippen LogP contribution in [0, 0.1) is 5.92 Å². The van der Waals surface area contributed by atoms with Gasteiger partial charge in [-0.3, -0.25) is 4.79 Å². The van der Waals surface area contributed by atoms with E-state index in [9.17, 15) is 9.59 Å². The van der Waals surface area contributed by atoms with Gasteiger partial charge in [0.15, 0.2) is 0 Å². The van der Waals surface area contributed by atoms with Crippen molar-refractivity contribution in [3.63, 3.8) is 0 Å². The zero-order chi connectivity index (χ0) is 15.2. The van der Waals surface area contributed by atoms with E-state index >= 15 is 0 Å². The standard InChI is InChI=1S/C16H20N2O3/c1-18-9-8-13(11-18)10-17-16(21)14-5-2-12(3-6-14)4-7-15(19)20/h2-7,13H,8-11H2,1H3,(H,17,21)(H,19,20). The van der Waals surface area contributed by atoms with Crippen LogP contribution in [0.4, 0.5) is 0 Å². The molecular formula is C16H20N2O3. The lowest BCUT2D eigenvalue weighted by Crippen LogP contribution is -2.30. The number of amides is 1. The maximum Gasteiger partial charge on any atom is 0.328 e. The molecule has 1 aliphatic rings. The van der Waals surface area contributed by atoms with Crippen LogP contribution in [0.15, 0.2) is 30.3 Å². The minimum atomic E-state index is -0.988. The Balaban J connectivity index is 1.86. The zero-order valence-electron chi connectivity index (χ0n) is 12.1. The first-order valence-corrected chi connectivity index (χ1v) is 7.02. The summed E-state index contributed by atoms with van der Waals surface area (Å²) in [5, 5.41) is 11.5. The Bertz CT molecular complexity index is 537. The molecular weight excluding hydrogens is 268 g/mol. The minimum Gasteiger partial charge on any atom is -0.478 e. The van der Waals surface area contributed by atoms with E-state index in [1.165, 1.54) is 6.08 Å². The van der Waals surface area contributed by atoms with E-state index in [0.29, 0.717) is 18.0 Å². The third kappa shape index (κ3) is 4.72. The molecule has 1 unspecified atom stereocenters. The van der Waals surface area contributed by atoms with Crippen molar-refractivity contribution in [3.8, 4) is 0 Å². The number of carboxylic acids is 1. The van der Waals surface area contributed by atoms with Crippen molar-refractivity contribution >= 4 is 18.0 Å². The van der Waals surface area contributed by atoms with Gasteiger partial charge in [-0.2, -0.15) is 0 Å². The number of aliphatic carboxylic acids is 1. The van der Waals surface area contributed by atoms with Gasteiger partial charge in [0.05, 0.1) is 0 Å². The summed E-state index contributed by atoms with van der Waals surface area (Å²) in [7, 11) is 2.09. The van der Waals surface area contributed by atoms with Crippen LogP contribution in [-0.2, 0) is 4.79 Å². The SMILES string of the molecule is CN1CCC(CNC(=O)c2ccc(C=CC(=O)O)cc2)C1. The predicted molar refractivity (Wildman–Crippen MR) is 81.0 cm³/mol. The number of hydrogen-bond acceptors (Lipinski definition) is 3. The Morgan fingerprint density at radius 2 is 2.10 bits per heavy atom. The smallest absolute Gasteiger partial charge is 0.328 e. The summed E-state index contributed by atoms with van der Waals surface area (Å²) in [5.41, 5.74) is 1.35. The van der Waals surface area contributed by atoms with Gasteiger partial charge in [0, 0.05) is 24.7 Å². The van der Waals surface area contributed by atoms with Gasteiger partial charge in [-0.15, -0.1) is 0 Å². The lowest BCUT2D eigenvalue weighted by molar-refractivity contribution is -0.131. The topological polar surface area (TPSA) is 69.6 Å². The van der Waals surface area contributed by atoms with Crippen LogP contribution in [0.1, 0.15) is 22.3 Å². The van der Waals surface area contributed by atoms with Crippen molar-refractivity contribution in [2.45, 2.75) is 6.42 Å². The highest BCUT2D eigenvalue weighted by atomic mass is 16.4. The van der Waals surface area contributed by atoms with Crippen LogP contribution in [0.2, 0.25) is 0 Å². The fourth-order valence-electron chi connectivity index (χ4n) is 2.45. The quantitative estimate of drug-likeness (QED) is 0.805. The van der Waals surface area contributed by atoms with Crippen molar-refractivity contribution in [3.05, 3.63) is 41.5 Å². The maximum absolute atomic E-state index is 12.0. The summed E-state index contributed by atoms with van der Waals surface area (Å²) < 4.78 is 0. The molecule has 1 aromatic carbocycles. The molecule has 1 heterocycles. The lowest BCUT2D eigenvalue weighted by Gasteiger charge is -2.11. The van der Waals surface area contributed by atoms with Gasteiger partial charge in [-0.25, -0.2) is 4.79 Å². The Labute approximate surface area is 124 Å². The van der Waals surface area contributed by atoms with Crippen molar-refractivity contribution in [1.29, 1.82) is 0 Å². The molecule has 1 aromatic rings. The van der Waals surface area contributed by atoms with Gasteiger partial charge in [-0.05, 0) is 49.7 Å². The molecule has 1 amide bonds. The fourth-order valence-corrected chi connectivity index (χ4v) is 2.45. The molecule has 5 heteroatoms. The van der Waals surface area contributed by atoms with Crippen molar-refractivity contribution in [1.82, 2.24) is 10.2 Å². The molecule has 1 saturated heterocycles. The van der Waals surface area contributed by atoms with Gasteiger partial charge in [-0.1, -0.05) is 12.1 Å². The first-order chi connectivity index (χ1) is 10.0. The Kier molecular flexibility index (Phi) is 5.11. The molecule has 1 atom stereocenters. The summed E-state index contributed by atoms with van der Waals surface area (Å²) in [4.78, 5) is 24.7. The summed E-state index contributed by atoms with van der Waals surface area (Å²) in [6.07, 6.45) is 3.69. The van der Waals surface area contributed by atoms with Gasteiger partial charge in [0.1, 0.15) is 0 Å². The van der Waals surface area contributed by atoms with Crippen LogP contribution in [0.5, 0.6) is 0 Å². The monoisotopic (exact) mass is 288 g/mol. The van der Waals surface area contributed by atoms with E-state index < -0.39 is 5.97 Å². The summed E-state index contributed by atoms with van der Waals surface area (Å²) >= 11 is 0. The predicted octanol–water partition coefficient (Wildman–Crippen LogP) is 1.47. The van der Waals surface area contributed by atoms with Crippen molar-refractivity contribution < 1.29 is 14.7 Å². The van der Waals surface area contributed by atoms with Crippen LogP contribution in [-0.4, -0.2) is 48.6 Å². The van der Waals surface area contributed by atoms with Gasteiger partial charge < -0.3 is 15.3 Å². The zero-order valence-corrected chi connectivity index (χ0v) is 12.1. The van der Waals surface area contributed by atoms with Gasteiger partial charge in [0.25, 0.3) is 5.91 Å². The van der Waals surface area contributed by atoms with Crippen molar-refractivity contribution in [2.75, 3.05) is 26.7 Å². The molecule has 2 N–H and O–H groups in total. The number of nitrogens with one attached hydrogen (secondary N) is 1. The summed E-state index contributed by atoms with van der Waals surface area (Å²) in [5.74, 6) is -0.548. The Morgan fingerprint density at radius 1 is 1.38 bits per heavy atom. The second-order valence-electron chi connectivity index (χ2n) is 5.42. The largest absolute Gasteiger partial charge is 0.478 e. The molecule has 0 saturated carbocycles. The van der Waals surface area contributed by atoms with Crippen LogP contribution >= 0.6 is 0 Å². The molecule has 1 aliphatic heterocycles. The van der Waals surface area contributed by atoms with Crippen LogP contribution in [0.3, 0.4) is 0 Å². The number of hydrogen-bond donors (Lipinski definition) is 2. The average Bonchev–Trinajstić information content (AvgIpc) is 2.89. The van der Waals surface area contributed by atoms with Crippen LogP contribution < -0.4 is 5.32 Å². The molecule has 0 spiro atoms. The minimum absolute atomic E-state index is 0.0849. The summed E-state index contributed by atoms with van der Waals surface area (Å²) in [6.45, 7) is 2.81. The molecule has 0 aliphatic carbocycles. The number of rotatable bonds is 5. The number of carboxylic acid groups (broad SMARTS) is 1. The molecule has 0 bridgehead atoms. The van der Waals surface area contributed by atoms with E-state index in [2.05, 4.69) is 17.3 Å². The number of likely N-dealkylation sites (tertiary alicyclic amines) is 1. The molecule has 2 rings (SSSR count). The third-order valence-corrected chi connectivity index (χ3v) is 3.63. The van der Waals surface area contributed by atoms with Crippen molar-refractivity contribution in [2.24, 2.45) is 5.92 Å². The second-order valence-corrected chi connectivity index (χ2v) is 5.42. The highest BCUT2D eigenvalue weighted by Gasteiger charge is 2.19. The van der Waals surface area contributed by atoms with E-state index in [1.807, 2.05) is 0 Å². The first kappa shape index (κ1) is 15.3. The molecule has 5 nitrogen and oxygen atoms in total. The number of benzene rings is 1. The highest BCUT2D eigenvalue weighted by molar-refractivity contribution is 5.94. The van der Waals surface area contributed by atoms with E-state index in [0.717, 1.165) is 31.1 Å². The Morgan fingerprint density at radius 3 is 2.67 bits per heavy atom. The fraction of sp³-hybridized carbons (Fsp3) is 0.375. The molecule has 0 aromatic heterocycles. The lowest BCUT2D eigenvalue weighted by atomic mass is 10.1. The number of carbonyl (C=O) groups is 2. The van der Waals surface area contributed by atoms with Crippen LogP contribution in [0.25, 0.3) is 6.08 Å². The van der Waals surface area contributed by atoms with E-state index in [4.69, 9.17) is 5.11 Å². The molecule has 1 fully saturated rings. The summed E-state index contributed by atoms with van der Waals surface area (Å²) in [6, 6.07) is 6.88. The normalized spacial score (nSPS) is 19.0. The van der Waals surface area contributed by atoms with Gasteiger partial charge >= 0.3 is 5.97 Å². The molecule has 112 valence electrons. The highest BCUT2D eigenvalue weighted by Crippen LogP contribution is 2.13. The Hall–Kier alpha value is -2.14. The number of carbonyl (C=O) groups excluding carboxylic acids is 1. The molecule has 21 heavy (non-hydrogen) atoms. The second kappa shape index (κ2) is 7.04. The van der Waals surface area contributed by atoms with Gasteiger partial charge in [0.2, 0.25) is 0 Å². The molecule has 0 radical (unpaired) electrons. The number of nitrogens with zero attached hydrogens (tertiary/aromatic N) is 1. The first-order valence-electron chi connectivity index (χ1n) is 7.02. The van der Waals surface area contributed by atoms with E-state index in [-0.39, 0.29) is 5.91 Å². The maximum atomic E-state index is 12.0.